The molecular weight excluding hydrogens is 266 g/mol. The van der Waals surface area contributed by atoms with Gasteiger partial charge < -0.3 is 10.5 Å². The van der Waals surface area contributed by atoms with Crippen molar-refractivity contribution in [2.75, 3.05) is 19.8 Å². The van der Waals surface area contributed by atoms with E-state index in [1.54, 1.807) is 4.68 Å². The summed E-state index contributed by atoms with van der Waals surface area (Å²) in [6.07, 6.45) is 3.73. The Hall–Kier alpha value is -0.910. The van der Waals surface area contributed by atoms with E-state index in [9.17, 15) is 4.79 Å². The van der Waals surface area contributed by atoms with E-state index >= 15 is 0 Å². The van der Waals surface area contributed by atoms with Crippen LogP contribution in [0.4, 0.5) is 0 Å². The SMILES string of the molecule is CCCn1ncc(Cl)c1C(=O)C1(CN)CCOCC1. The number of rotatable bonds is 5. The molecule has 0 aliphatic carbocycles. The van der Waals surface area contributed by atoms with Crippen molar-refractivity contribution in [2.24, 2.45) is 11.1 Å². The number of nitrogens with two attached hydrogens (primary N) is 1. The highest BCUT2D eigenvalue weighted by atomic mass is 35.5. The van der Waals surface area contributed by atoms with Crippen LogP contribution < -0.4 is 5.73 Å². The first-order valence-electron chi connectivity index (χ1n) is 6.68. The number of hydrogen-bond donors (Lipinski definition) is 1. The molecule has 1 saturated heterocycles. The molecule has 0 saturated carbocycles. The summed E-state index contributed by atoms with van der Waals surface area (Å²) in [6.45, 7) is 4.19. The zero-order chi connectivity index (χ0) is 13.9. The molecular formula is C13H20ClN3O2. The lowest BCUT2D eigenvalue weighted by Gasteiger charge is -2.34. The summed E-state index contributed by atoms with van der Waals surface area (Å²) < 4.78 is 7.03. The Morgan fingerprint density at radius 2 is 2.26 bits per heavy atom. The van der Waals surface area contributed by atoms with Crippen molar-refractivity contribution in [3.63, 3.8) is 0 Å². The van der Waals surface area contributed by atoms with Crippen molar-refractivity contribution in [1.29, 1.82) is 0 Å². The summed E-state index contributed by atoms with van der Waals surface area (Å²) in [7, 11) is 0. The van der Waals surface area contributed by atoms with Crippen molar-refractivity contribution in [3.8, 4) is 0 Å². The zero-order valence-corrected chi connectivity index (χ0v) is 11.9. The van der Waals surface area contributed by atoms with Gasteiger partial charge in [-0.25, -0.2) is 0 Å². The van der Waals surface area contributed by atoms with Crippen LogP contribution in [0, 0.1) is 5.41 Å². The number of carbonyl (C=O) groups is 1. The highest BCUT2D eigenvalue weighted by Crippen LogP contribution is 2.35. The molecule has 0 radical (unpaired) electrons. The van der Waals surface area contributed by atoms with E-state index in [4.69, 9.17) is 22.1 Å². The lowest BCUT2D eigenvalue weighted by Crippen LogP contribution is -2.44. The van der Waals surface area contributed by atoms with Crippen molar-refractivity contribution >= 4 is 17.4 Å². The summed E-state index contributed by atoms with van der Waals surface area (Å²) in [5.74, 6) is 0.00856. The van der Waals surface area contributed by atoms with E-state index in [1.165, 1.54) is 6.20 Å². The summed E-state index contributed by atoms with van der Waals surface area (Å²) in [6, 6.07) is 0. The lowest BCUT2D eigenvalue weighted by atomic mass is 9.75. The highest BCUT2D eigenvalue weighted by molar-refractivity contribution is 6.33. The number of Topliss-reactive ketones (excluding diaryl/α,β-unsaturated/α-hetero) is 1. The van der Waals surface area contributed by atoms with Crippen LogP contribution in [-0.4, -0.2) is 35.3 Å². The Bertz CT molecular complexity index is 453. The van der Waals surface area contributed by atoms with E-state index in [1.807, 2.05) is 6.92 Å². The standard InChI is InChI=1S/C13H20ClN3O2/c1-2-5-17-11(10(14)8-16-17)12(18)13(9-15)3-6-19-7-4-13/h8H,2-7,9,15H2,1H3. The third-order valence-electron chi connectivity index (χ3n) is 3.77. The Morgan fingerprint density at radius 3 is 2.84 bits per heavy atom. The molecule has 2 rings (SSSR count). The molecule has 2 heterocycles. The normalized spacial score (nSPS) is 18.5. The molecule has 0 bridgehead atoms. The Balaban J connectivity index is 2.34. The van der Waals surface area contributed by atoms with Gasteiger partial charge in [0, 0.05) is 26.3 Å². The largest absolute Gasteiger partial charge is 0.381 e. The molecule has 0 aromatic carbocycles. The van der Waals surface area contributed by atoms with Crippen molar-refractivity contribution in [1.82, 2.24) is 9.78 Å². The van der Waals surface area contributed by atoms with E-state index in [0.29, 0.717) is 49.9 Å². The van der Waals surface area contributed by atoms with Crippen LogP contribution in [0.25, 0.3) is 0 Å². The predicted octanol–water partition coefficient (Wildman–Crippen LogP) is 1.88. The Kier molecular flexibility index (Phi) is 4.60. The maximum Gasteiger partial charge on any atom is 0.189 e. The molecule has 5 nitrogen and oxygen atoms in total. The Morgan fingerprint density at radius 1 is 1.58 bits per heavy atom. The topological polar surface area (TPSA) is 70.1 Å². The number of halogens is 1. The van der Waals surface area contributed by atoms with Gasteiger partial charge in [0.1, 0.15) is 5.69 Å². The number of aromatic nitrogens is 2. The molecule has 2 N–H and O–H groups in total. The Labute approximate surface area is 118 Å². The quantitative estimate of drug-likeness (QED) is 0.839. The average Bonchev–Trinajstić information content (AvgIpc) is 2.80. The fraction of sp³-hybridized carbons (Fsp3) is 0.692. The van der Waals surface area contributed by atoms with Gasteiger partial charge in [0.25, 0.3) is 0 Å². The summed E-state index contributed by atoms with van der Waals surface area (Å²) >= 11 is 6.14. The highest BCUT2D eigenvalue weighted by Gasteiger charge is 2.41. The van der Waals surface area contributed by atoms with Gasteiger partial charge >= 0.3 is 0 Å². The minimum atomic E-state index is -0.548. The van der Waals surface area contributed by atoms with Gasteiger partial charge in [-0.1, -0.05) is 18.5 Å². The molecule has 1 aromatic rings. The molecule has 6 heteroatoms. The maximum absolute atomic E-state index is 12.8. The van der Waals surface area contributed by atoms with Crippen LogP contribution in [0.1, 0.15) is 36.7 Å². The molecule has 0 amide bonds. The number of ketones is 1. The van der Waals surface area contributed by atoms with E-state index < -0.39 is 5.41 Å². The average molecular weight is 286 g/mol. The molecule has 0 unspecified atom stereocenters. The fourth-order valence-corrected chi connectivity index (χ4v) is 2.73. The molecule has 0 spiro atoms. The molecule has 1 fully saturated rings. The summed E-state index contributed by atoms with van der Waals surface area (Å²) in [5, 5.41) is 4.59. The number of hydrogen-bond acceptors (Lipinski definition) is 4. The third-order valence-corrected chi connectivity index (χ3v) is 4.04. The minimum Gasteiger partial charge on any atom is -0.381 e. The van der Waals surface area contributed by atoms with E-state index in [0.717, 1.165) is 6.42 Å². The summed E-state index contributed by atoms with van der Waals surface area (Å²) in [5.41, 5.74) is 5.82. The summed E-state index contributed by atoms with van der Waals surface area (Å²) in [4.78, 5) is 12.8. The molecule has 1 aliphatic rings. The van der Waals surface area contributed by atoms with Crippen LogP contribution >= 0.6 is 11.6 Å². The molecule has 1 aliphatic heterocycles. The van der Waals surface area contributed by atoms with Gasteiger partial charge in [-0.3, -0.25) is 9.48 Å². The van der Waals surface area contributed by atoms with Gasteiger partial charge in [-0.2, -0.15) is 5.10 Å². The fourth-order valence-electron chi connectivity index (χ4n) is 2.51. The van der Waals surface area contributed by atoms with Gasteiger partial charge in [0.15, 0.2) is 5.78 Å². The first kappa shape index (κ1) is 14.5. The second-order valence-electron chi connectivity index (χ2n) is 4.99. The van der Waals surface area contributed by atoms with Crippen LogP contribution in [0.3, 0.4) is 0 Å². The number of nitrogens with zero attached hydrogens (tertiary/aromatic N) is 2. The number of carbonyl (C=O) groups excluding carboxylic acids is 1. The second kappa shape index (κ2) is 6.03. The smallest absolute Gasteiger partial charge is 0.189 e. The molecule has 19 heavy (non-hydrogen) atoms. The van der Waals surface area contributed by atoms with Gasteiger partial charge in [-0.05, 0) is 19.3 Å². The third kappa shape index (κ3) is 2.68. The van der Waals surface area contributed by atoms with Crippen LogP contribution in [0.15, 0.2) is 6.20 Å². The predicted molar refractivity (Wildman–Crippen MR) is 73.4 cm³/mol. The maximum atomic E-state index is 12.8. The molecule has 106 valence electrons. The number of aryl methyl sites for hydroxylation is 1. The second-order valence-corrected chi connectivity index (χ2v) is 5.40. The molecule has 1 aromatic heterocycles. The van der Waals surface area contributed by atoms with Crippen LogP contribution in [-0.2, 0) is 11.3 Å². The monoisotopic (exact) mass is 285 g/mol. The van der Waals surface area contributed by atoms with Gasteiger partial charge in [0.05, 0.1) is 16.6 Å². The molecule has 0 atom stereocenters. The number of ether oxygens (including phenoxy) is 1. The van der Waals surface area contributed by atoms with Gasteiger partial charge in [-0.15, -0.1) is 0 Å². The van der Waals surface area contributed by atoms with Crippen LogP contribution in [0.2, 0.25) is 5.02 Å². The lowest BCUT2D eigenvalue weighted by molar-refractivity contribution is 0.0194. The van der Waals surface area contributed by atoms with Crippen LogP contribution in [0.5, 0.6) is 0 Å². The minimum absolute atomic E-state index is 0.00856. The van der Waals surface area contributed by atoms with Gasteiger partial charge in [0.2, 0.25) is 0 Å². The first-order chi connectivity index (χ1) is 9.14. The van der Waals surface area contributed by atoms with E-state index in [-0.39, 0.29) is 5.78 Å². The van der Waals surface area contributed by atoms with Crippen molar-refractivity contribution in [2.45, 2.75) is 32.7 Å². The zero-order valence-electron chi connectivity index (χ0n) is 11.2. The van der Waals surface area contributed by atoms with Crippen molar-refractivity contribution < 1.29 is 9.53 Å². The first-order valence-corrected chi connectivity index (χ1v) is 7.06. The van der Waals surface area contributed by atoms with E-state index in [2.05, 4.69) is 5.10 Å². The van der Waals surface area contributed by atoms with Crippen molar-refractivity contribution in [3.05, 3.63) is 16.9 Å².